The summed E-state index contributed by atoms with van der Waals surface area (Å²) in [6.45, 7) is 4.18. The summed E-state index contributed by atoms with van der Waals surface area (Å²) in [6.07, 6.45) is 4.98. The highest BCUT2D eigenvalue weighted by Crippen LogP contribution is 2.17. The highest BCUT2D eigenvalue weighted by molar-refractivity contribution is 4.81. The first-order chi connectivity index (χ1) is 6.36. The van der Waals surface area contributed by atoms with E-state index in [0.29, 0.717) is 12.1 Å². The third kappa shape index (κ3) is 2.42. The summed E-state index contributed by atoms with van der Waals surface area (Å²) in [5, 5.41) is 0. The fraction of sp³-hybridized carbons (Fsp3) is 1.00. The molecule has 0 amide bonds. The highest BCUT2D eigenvalue weighted by atomic mass is 16.5. The molecule has 0 aliphatic carbocycles. The third-order valence-electron chi connectivity index (χ3n) is 3.14. The van der Waals surface area contributed by atoms with Gasteiger partial charge >= 0.3 is 0 Å². The molecule has 0 aromatic heterocycles. The van der Waals surface area contributed by atoms with E-state index in [-0.39, 0.29) is 0 Å². The van der Waals surface area contributed by atoms with Gasteiger partial charge in [0.2, 0.25) is 0 Å². The second-order valence-corrected chi connectivity index (χ2v) is 4.27. The summed E-state index contributed by atoms with van der Waals surface area (Å²) in [6, 6.07) is 1.05. The monoisotopic (exact) mass is 184 g/mol. The molecule has 0 saturated carbocycles. The van der Waals surface area contributed by atoms with Crippen LogP contribution in [0.2, 0.25) is 0 Å². The molecule has 0 bridgehead atoms. The van der Waals surface area contributed by atoms with Gasteiger partial charge in [-0.3, -0.25) is 4.90 Å². The molecule has 0 aromatic carbocycles. The summed E-state index contributed by atoms with van der Waals surface area (Å²) >= 11 is 0. The molecule has 13 heavy (non-hydrogen) atoms. The third-order valence-corrected chi connectivity index (χ3v) is 3.14. The second kappa shape index (κ2) is 4.40. The number of nitrogens with two attached hydrogens (primary N) is 1. The smallest absolute Gasteiger partial charge is 0.0621 e. The SMILES string of the molecule is N[C@@H]1CCCN(C2CCCOC2)C1. The minimum Gasteiger partial charge on any atom is -0.380 e. The Balaban J connectivity index is 1.83. The first kappa shape index (κ1) is 9.44. The molecule has 2 saturated heterocycles. The number of piperidine rings is 1. The van der Waals surface area contributed by atoms with Crippen molar-refractivity contribution in [3.63, 3.8) is 0 Å². The fourth-order valence-electron chi connectivity index (χ4n) is 2.38. The first-order valence-electron chi connectivity index (χ1n) is 5.43. The average Bonchev–Trinajstić information content (AvgIpc) is 2.19. The van der Waals surface area contributed by atoms with E-state index < -0.39 is 0 Å². The summed E-state index contributed by atoms with van der Waals surface area (Å²) in [4.78, 5) is 2.52. The molecule has 3 nitrogen and oxygen atoms in total. The topological polar surface area (TPSA) is 38.5 Å². The van der Waals surface area contributed by atoms with E-state index in [1.54, 1.807) is 0 Å². The molecule has 2 aliphatic rings. The largest absolute Gasteiger partial charge is 0.380 e. The zero-order valence-electron chi connectivity index (χ0n) is 8.24. The van der Waals surface area contributed by atoms with Gasteiger partial charge in [0.25, 0.3) is 0 Å². The molecule has 1 unspecified atom stereocenters. The Hall–Kier alpha value is -0.120. The molecular weight excluding hydrogens is 164 g/mol. The van der Waals surface area contributed by atoms with Gasteiger partial charge in [0, 0.05) is 25.2 Å². The van der Waals surface area contributed by atoms with Crippen molar-refractivity contribution >= 4 is 0 Å². The maximum Gasteiger partial charge on any atom is 0.0621 e. The van der Waals surface area contributed by atoms with Gasteiger partial charge in [-0.1, -0.05) is 0 Å². The lowest BCUT2D eigenvalue weighted by molar-refractivity contribution is 0.00818. The maximum absolute atomic E-state index is 5.95. The van der Waals surface area contributed by atoms with Gasteiger partial charge in [-0.05, 0) is 32.2 Å². The summed E-state index contributed by atoms with van der Waals surface area (Å²) in [5.41, 5.74) is 5.95. The highest BCUT2D eigenvalue weighted by Gasteiger charge is 2.25. The average molecular weight is 184 g/mol. The Bertz CT molecular complexity index is 157. The van der Waals surface area contributed by atoms with Crippen LogP contribution in [0.5, 0.6) is 0 Å². The summed E-state index contributed by atoms with van der Waals surface area (Å²) in [7, 11) is 0. The first-order valence-corrected chi connectivity index (χ1v) is 5.43. The maximum atomic E-state index is 5.95. The number of hydrogen-bond acceptors (Lipinski definition) is 3. The van der Waals surface area contributed by atoms with Crippen LogP contribution in [0.3, 0.4) is 0 Å². The van der Waals surface area contributed by atoms with Crippen LogP contribution in [0.15, 0.2) is 0 Å². The lowest BCUT2D eigenvalue weighted by Gasteiger charge is -2.38. The van der Waals surface area contributed by atoms with Gasteiger partial charge < -0.3 is 10.5 Å². The molecule has 2 atom stereocenters. The van der Waals surface area contributed by atoms with E-state index in [2.05, 4.69) is 4.90 Å². The normalized spacial score (nSPS) is 37.6. The van der Waals surface area contributed by atoms with Crippen molar-refractivity contribution in [2.24, 2.45) is 5.73 Å². The Labute approximate surface area is 80.2 Å². The molecule has 76 valence electrons. The Morgan fingerprint density at radius 3 is 2.85 bits per heavy atom. The second-order valence-electron chi connectivity index (χ2n) is 4.27. The Kier molecular flexibility index (Phi) is 3.19. The molecule has 0 aromatic rings. The van der Waals surface area contributed by atoms with Crippen molar-refractivity contribution < 1.29 is 4.74 Å². The minimum atomic E-state index is 0.399. The van der Waals surface area contributed by atoms with Gasteiger partial charge in [0.15, 0.2) is 0 Å². The van der Waals surface area contributed by atoms with Gasteiger partial charge in [-0.2, -0.15) is 0 Å². The van der Waals surface area contributed by atoms with Crippen LogP contribution in [0, 0.1) is 0 Å². The molecule has 2 fully saturated rings. The quantitative estimate of drug-likeness (QED) is 0.648. The van der Waals surface area contributed by atoms with Gasteiger partial charge in [-0.15, -0.1) is 0 Å². The van der Waals surface area contributed by atoms with Crippen LogP contribution in [0.4, 0.5) is 0 Å². The van der Waals surface area contributed by atoms with Crippen molar-refractivity contribution in [3.8, 4) is 0 Å². The lowest BCUT2D eigenvalue weighted by atomic mass is 10.0. The van der Waals surface area contributed by atoms with E-state index >= 15 is 0 Å². The van der Waals surface area contributed by atoms with Crippen molar-refractivity contribution in [2.45, 2.75) is 37.8 Å². The predicted molar refractivity (Wildman–Crippen MR) is 52.6 cm³/mol. The minimum absolute atomic E-state index is 0.399. The standard InChI is InChI=1S/C10H20N2O/c11-9-3-1-5-12(7-9)10-4-2-6-13-8-10/h9-10H,1-8,11H2/t9-,10?/m1/s1. The number of likely N-dealkylation sites (tertiary alicyclic amines) is 1. The van der Waals surface area contributed by atoms with Gasteiger partial charge in [0.05, 0.1) is 6.61 Å². The molecule has 2 N–H and O–H groups in total. The van der Waals surface area contributed by atoms with Crippen molar-refractivity contribution in [3.05, 3.63) is 0 Å². The molecular formula is C10H20N2O. The summed E-state index contributed by atoms with van der Waals surface area (Å²) in [5.74, 6) is 0. The van der Waals surface area contributed by atoms with E-state index in [4.69, 9.17) is 10.5 Å². The van der Waals surface area contributed by atoms with Crippen LogP contribution in [-0.4, -0.2) is 43.3 Å². The van der Waals surface area contributed by atoms with E-state index in [1.807, 2.05) is 0 Å². The van der Waals surface area contributed by atoms with Gasteiger partial charge in [0.1, 0.15) is 0 Å². The Morgan fingerprint density at radius 2 is 2.15 bits per heavy atom. The molecule has 2 heterocycles. The van der Waals surface area contributed by atoms with E-state index in [1.165, 1.54) is 32.2 Å². The van der Waals surface area contributed by atoms with Gasteiger partial charge in [-0.25, -0.2) is 0 Å². The zero-order valence-corrected chi connectivity index (χ0v) is 8.24. The lowest BCUT2D eigenvalue weighted by Crippen LogP contribution is -2.50. The zero-order chi connectivity index (χ0) is 9.10. The van der Waals surface area contributed by atoms with Crippen LogP contribution >= 0.6 is 0 Å². The Morgan fingerprint density at radius 1 is 1.23 bits per heavy atom. The molecule has 3 heteroatoms. The van der Waals surface area contributed by atoms with Crippen molar-refractivity contribution in [1.29, 1.82) is 0 Å². The number of rotatable bonds is 1. The van der Waals surface area contributed by atoms with Crippen LogP contribution < -0.4 is 5.73 Å². The molecule has 2 aliphatic heterocycles. The van der Waals surface area contributed by atoms with E-state index in [9.17, 15) is 0 Å². The molecule has 2 rings (SSSR count). The van der Waals surface area contributed by atoms with E-state index in [0.717, 1.165) is 19.8 Å². The molecule has 0 radical (unpaired) electrons. The van der Waals surface area contributed by atoms with Crippen LogP contribution in [-0.2, 0) is 4.74 Å². The van der Waals surface area contributed by atoms with Crippen molar-refractivity contribution in [1.82, 2.24) is 4.90 Å². The van der Waals surface area contributed by atoms with Crippen molar-refractivity contribution in [2.75, 3.05) is 26.3 Å². The molecule has 0 spiro atoms. The summed E-state index contributed by atoms with van der Waals surface area (Å²) < 4.78 is 5.49. The van der Waals surface area contributed by atoms with Crippen LogP contribution in [0.25, 0.3) is 0 Å². The fourth-order valence-corrected chi connectivity index (χ4v) is 2.38. The van der Waals surface area contributed by atoms with Crippen LogP contribution in [0.1, 0.15) is 25.7 Å². The number of hydrogen-bond donors (Lipinski definition) is 1. The number of ether oxygens (including phenoxy) is 1. The number of nitrogens with zero attached hydrogens (tertiary/aromatic N) is 1. The predicted octanol–water partition coefficient (Wildman–Crippen LogP) is 0.588.